The van der Waals surface area contributed by atoms with Gasteiger partial charge in [0.25, 0.3) is 0 Å². The largest absolute Gasteiger partial charge is 0.573 e. The van der Waals surface area contributed by atoms with Crippen LogP contribution in [-0.2, 0) is 22.6 Å². The number of benzene rings is 3. The molecule has 0 spiro atoms. The summed E-state index contributed by atoms with van der Waals surface area (Å²) < 4.78 is 56.3. The minimum Gasteiger partial charge on any atom is -0.487 e. The highest BCUT2D eigenvalue weighted by Crippen LogP contribution is 2.38. The zero-order chi connectivity index (χ0) is 30.1. The van der Waals surface area contributed by atoms with Crippen LogP contribution in [0.4, 0.5) is 19.0 Å². The maximum Gasteiger partial charge on any atom is 0.573 e. The zero-order valence-corrected chi connectivity index (χ0v) is 23.4. The number of anilines is 1. The quantitative estimate of drug-likeness (QED) is 0.182. The van der Waals surface area contributed by atoms with Crippen LogP contribution in [0.2, 0.25) is 0 Å². The van der Waals surface area contributed by atoms with Crippen molar-refractivity contribution in [3.63, 3.8) is 0 Å². The molecule has 2 aromatic heterocycles. The van der Waals surface area contributed by atoms with Crippen molar-refractivity contribution in [1.82, 2.24) is 14.8 Å². The fraction of sp³-hybridized carbons (Fsp3) is 0.281. The van der Waals surface area contributed by atoms with E-state index in [0.29, 0.717) is 11.4 Å². The molecule has 3 aromatic carbocycles. The average molecular weight is 591 g/mol. The monoisotopic (exact) mass is 590 g/mol. The fourth-order valence-corrected chi connectivity index (χ4v) is 5.41. The van der Waals surface area contributed by atoms with E-state index < -0.39 is 18.1 Å². The molecule has 0 radical (unpaired) electrons. The number of alkyl halides is 3. The number of esters is 1. The van der Waals surface area contributed by atoms with Gasteiger partial charge < -0.3 is 19.9 Å². The number of rotatable bonds is 9. The third-order valence-corrected chi connectivity index (χ3v) is 7.64. The van der Waals surface area contributed by atoms with Crippen molar-refractivity contribution < 1.29 is 32.2 Å². The van der Waals surface area contributed by atoms with Gasteiger partial charge in [-0.1, -0.05) is 30.3 Å². The summed E-state index contributed by atoms with van der Waals surface area (Å²) in [6.45, 7) is 1.87. The number of pyridine rings is 1. The first-order valence-corrected chi connectivity index (χ1v) is 14.0. The molecule has 2 N–H and O–H groups in total. The van der Waals surface area contributed by atoms with Crippen LogP contribution < -0.4 is 15.2 Å². The SMILES string of the molecule is CCOC(=O)Cc1ccc(OC(F)(F)F)cc1OCc1c2cc(-c3cccc4c(N)nccc34)ccc2nn1C1CCC1. The number of fused-ring (bicyclic) bond motifs is 2. The topological polar surface area (TPSA) is 101 Å². The van der Waals surface area contributed by atoms with E-state index in [1.54, 1.807) is 13.1 Å². The zero-order valence-electron chi connectivity index (χ0n) is 23.4. The first kappa shape index (κ1) is 28.3. The highest BCUT2D eigenvalue weighted by Gasteiger charge is 2.32. The molecule has 1 aliphatic carbocycles. The van der Waals surface area contributed by atoms with E-state index in [1.165, 1.54) is 6.07 Å². The number of nitrogens with zero attached hydrogens (tertiary/aromatic N) is 3. The van der Waals surface area contributed by atoms with E-state index in [1.807, 2.05) is 47.1 Å². The van der Waals surface area contributed by atoms with Crippen molar-refractivity contribution in [3.05, 3.63) is 78.1 Å². The average Bonchev–Trinajstić information content (AvgIpc) is 3.28. The number of carbonyl (C=O) groups excluding carboxylic acids is 1. The lowest BCUT2D eigenvalue weighted by Gasteiger charge is -2.27. The minimum atomic E-state index is -4.88. The number of hydrogen-bond donors (Lipinski definition) is 1. The lowest BCUT2D eigenvalue weighted by atomic mass is 9.93. The minimum absolute atomic E-state index is 0.00809. The van der Waals surface area contributed by atoms with E-state index in [9.17, 15) is 18.0 Å². The third-order valence-electron chi connectivity index (χ3n) is 7.64. The van der Waals surface area contributed by atoms with Crippen molar-refractivity contribution in [2.75, 3.05) is 12.3 Å². The molecule has 0 bridgehead atoms. The molecule has 5 aromatic rings. The molecule has 43 heavy (non-hydrogen) atoms. The predicted octanol–water partition coefficient (Wildman–Crippen LogP) is 7.14. The van der Waals surface area contributed by atoms with Gasteiger partial charge in [-0.2, -0.15) is 5.10 Å². The van der Waals surface area contributed by atoms with Crippen molar-refractivity contribution in [1.29, 1.82) is 0 Å². The van der Waals surface area contributed by atoms with E-state index in [4.69, 9.17) is 20.3 Å². The Balaban J connectivity index is 1.40. The molecule has 0 aliphatic heterocycles. The van der Waals surface area contributed by atoms with Crippen LogP contribution in [0.3, 0.4) is 0 Å². The first-order chi connectivity index (χ1) is 20.7. The standard InChI is InChI=1S/C32H29F3N4O4/c1-2-41-30(40)16-20-9-11-22(43-32(33,34)35)17-29(20)42-18-28-26-15-19(10-12-27(26)38-39(28)21-5-3-6-21)23-7-4-8-25-24(23)13-14-37-31(25)36/h4,7-15,17,21H,2-3,5-6,16,18H2,1H3,(H2,36,37). The van der Waals surface area contributed by atoms with Crippen LogP contribution >= 0.6 is 0 Å². The molecule has 2 heterocycles. The molecular formula is C32H29F3N4O4. The number of carbonyl (C=O) groups is 1. The van der Waals surface area contributed by atoms with Gasteiger partial charge in [0.15, 0.2) is 0 Å². The number of halogens is 3. The lowest BCUT2D eigenvalue weighted by Crippen LogP contribution is -2.21. The molecule has 6 rings (SSSR count). The van der Waals surface area contributed by atoms with Crippen molar-refractivity contribution >= 4 is 33.5 Å². The van der Waals surface area contributed by atoms with Gasteiger partial charge in [0.1, 0.15) is 23.9 Å². The van der Waals surface area contributed by atoms with Crippen LogP contribution in [0.25, 0.3) is 32.8 Å². The molecule has 1 aliphatic rings. The molecule has 0 unspecified atom stereocenters. The Labute approximate surface area is 245 Å². The summed E-state index contributed by atoms with van der Waals surface area (Å²) in [6, 6.07) is 17.7. The second kappa shape index (κ2) is 11.5. The van der Waals surface area contributed by atoms with Crippen LogP contribution in [0.5, 0.6) is 11.5 Å². The second-order valence-electron chi connectivity index (χ2n) is 10.4. The van der Waals surface area contributed by atoms with Crippen LogP contribution in [0, 0.1) is 0 Å². The van der Waals surface area contributed by atoms with Gasteiger partial charge in [0.05, 0.1) is 30.3 Å². The lowest BCUT2D eigenvalue weighted by molar-refractivity contribution is -0.274. The molecule has 0 saturated heterocycles. The molecule has 1 saturated carbocycles. The Morgan fingerprint density at radius 1 is 1.05 bits per heavy atom. The Morgan fingerprint density at radius 2 is 1.88 bits per heavy atom. The normalized spacial score (nSPS) is 13.7. The van der Waals surface area contributed by atoms with Crippen molar-refractivity contribution in [2.24, 2.45) is 0 Å². The van der Waals surface area contributed by atoms with Crippen LogP contribution in [0.15, 0.2) is 66.9 Å². The summed E-state index contributed by atoms with van der Waals surface area (Å²) in [4.78, 5) is 16.5. The first-order valence-electron chi connectivity index (χ1n) is 14.0. The van der Waals surface area contributed by atoms with Crippen molar-refractivity contribution in [3.8, 4) is 22.6 Å². The molecule has 222 valence electrons. The Morgan fingerprint density at radius 3 is 2.63 bits per heavy atom. The van der Waals surface area contributed by atoms with E-state index in [2.05, 4.69) is 9.72 Å². The summed E-state index contributed by atoms with van der Waals surface area (Å²) in [6.07, 6.45) is -0.353. The summed E-state index contributed by atoms with van der Waals surface area (Å²) in [5.41, 5.74) is 10.00. The Hall–Kier alpha value is -4.80. The number of nitrogens with two attached hydrogens (primary N) is 1. The third kappa shape index (κ3) is 5.93. The number of hydrogen-bond acceptors (Lipinski definition) is 7. The van der Waals surface area contributed by atoms with Gasteiger partial charge in [-0.15, -0.1) is 13.2 Å². The molecule has 0 atom stereocenters. The molecule has 8 nitrogen and oxygen atoms in total. The fourth-order valence-electron chi connectivity index (χ4n) is 5.41. The molecule has 0 amide bonds. The van der Waals surface area contributed by atoms with Gasteiger partial charge in [-0.3, -0.25) is 9.48 Å². The van der Waals surface area contributed by atoms with Gasteiger partial charge in [0, 0.05) is 28.6 Å². The number of nitrogen functional groups attached to an aromatic ring is 1. The summed E-state index contributed by atoms with van der Waals surface area (Å²) in [5, 5.41) is 7.55. The summed E-state index contributed by atoms with van der Waals surface area (Å²) in [5.74, 6) is -0.419. The van der Waals surface area contributed by atoms with Gasteiger partial charge in [-0.05, 0) is 67.0 Å². The smallest absolute Gasteiger partial charge is 0.487 e. The van der Waals surface area contributed by atoms with Gasteiger partial charge in [0.2, 0.25) is 0 Å². The molecule has 1 fully saturated rings. The van der Waals surface area contributed by atoms with E-state index >= 15 is 0 Å². The highest BCUT2D eigenvalue weighted by molar-refractivity contribution is 6.02. The number of aromatic nitrogens is 3. The highest BCUT2D eigenvalue weighted by atomic mass is 19.4. The summed E-state index contributed by atoms with van der Waals surface area (Å²) in [7, 11) is 0. The maximum absolute atomic E-state index is 13.0. The summed E-state index contributed by atoms with van der Waals surface area (Å²) >= 11 is 0. The van der Waals surface area contributed by atoms with Crippen LogP contribution in [-0.4, -0.2) is 33.7 Å². The van der Waals surface area contributed by atoms with E-state index in [0.717, 1.165) is 69.9 Å². The van der Waals surface area contributed by atoms with Crippen molar-refractivity contribution in [2.45, 2.75) is 51.6 Å². The Kier molecular flexibility index (Phi) is 7.55. The van der Waals surface area contributed by atoms with Gasteiger partial charge in [-0.25, -0.2) is 4.98 Å². The van der Waals surface area contributed by atoms with E-state index in [-0.39, 0.29) is 31.4 Å². The maximum atomic E-state index is 13.0. The Bertz CT molecular complexity index is 1810. The predicted molar refractivity (Wildman–Crippen MR) is 156 cm³/mol. The molecular weight excluding hydrogens is 561 g/mol. The van der Waals surface area contributed by atoms with Gasteiger partial charge >= 0.3 is 12.3 Å². The molecule has 11 heteroatoms. The number of ether oxygens (including phenoxy) is 3. The van der Waals surface area contributed by atoms with Crippen LogP contribution in [0.1, 0.15) is 43.5 Å². The second-order valence-corrected chi connectivity index (χ2v) is 10.4.